The Bertz CT molecular complexity index is 820. The zero-order chi connectivity index (χ0) is 19.9. The van der Waals surface area contributed by atoms with Crippen LogP contribution >= 0.6 is 24.0 Å². The summed E-state index contributed by atoms with van der Waals surface area (Å²) in [6.07, 6.45) is 0. The third-order valence-corrected chi connectivity index (χ3v) is 4.94. The molecule has 0 bridgehead atoms. The Morgan fingerprint density at radius 2 is 1.90 bits per heavy atom. The van der Waals surface area contributed by atoms with Crippen LogP contribution < -0.4 is 15.0 Å². The van der Waals surface area contributed by atoms with E-state index >= 15 is 0 Å². The molecule has 0 unspecified atom stereocenters. The maximum atomic E-state index is 9.96. The van der Waals surface area contributed by atoms with Gasteiger partial charge in [0.05, 0.1) is 13.7 Å². The molecular weight excluding hydrogens is 479 g/mol. The second kappa shape index (κ2) is 11.1. The van der Waals surface area contributed by atoms with Gasteiger partial charge in [-0.25, -0.2) is 4.99 Å². The molecule has 0 saturated carbocycles. The van der Waals surface area contributed by atoms with Crippen LogP contribution in [0.2, 0.25) is 0 Å². The Morgan fingerprint density at radius 1 is 1.14 bits per heavy atom. The molecule has 1 aliphatic rings. The number of phenols is 1. The molecular formula is C22H31IN4O2. The quantitative estimate of drug-likeness (QED) is 0.366. The van der Waals surface area contributed by atoms with Crippen molar-refractivity contribution in [3.05, 3.63) is 53.6 Å². The highest BCUT2D eigenvalue weighted by Crippen LogP contribution is 2.26. The predicted molar refractivity (Wildman–Crippen MR) is 130 cm³/mol. The number of piperazine rings is 1. The Labute approximate surface area is 190 Å². The third-order valence-electron chi connectivity index (χ3n) is 4.94. The van der Waals surface area contributed by atoms with Gasteiger partial charge in [-0.15, -0.1) is 24.0 Å². The van der Waals surface area contributed by atoms with Crippen molar-refractivity contribution < 1.29 is 9.84 Å². The summed E-state index contributed by atoms with van der Waals surface area (Å²) in [4.78, 5) is 9.51. The second-order valence-corrected chi connectivity index (χ2v) is 6.99. The van der Waals surface area contributed by atoms with E-state index in [9.17, 15) is 5.11 Å². The molecule has 1 aliphatic heterocycles. The number of aromatic hydroxyl groups is 1. The standard InChI is InChI=1S/C22H30N4O2.HI/c1-4-23-22(24-16-18-8-9-21(28-3)20(27)15-18)26-12-10-25(11-13-26)19-7-5-6-17(2)14-19;/h5-9,14-15,27H,4,10-13,16H2,1-3H3,(H,23,24);1H. The number of hydrogen-bond donors (Lipinski definition) is 2. The molecule has 3 rings (SSSR count). The lowest BCUT2D eigenvalue weighted by atomic mass is 10.2. The number of nitrogens with one attached hydrogen (secondary N) is 1. The first-order valence-corrected chi connectivity index (χ1v) is 9.81. The monoisotopic (exact) mass is 510 g/mol. The maximum Gasteiger partial charge on any atom is 0.194 e. The highest BCUT2D eigenvalue weighted by Gasteiger charge is 2.20. The molecule has 1 saturated heterocycles. The molecule has 6 nitrogen and oxygen atoms in total. The van der Waals surface area contributed by atoms with Gasteiger partial charge >= 0.3 is 0 Å². The normalized spacial score (nSPS) is 14.4. The number of guanidine groups is 1. The minimum atomic E-state index is 0. The molecule has 0 radical (unpaired) electrons. The smallest absolute Gasteiger partial charge is 0.194 e. The molecule has 2 N–H and O–H groups in total. The lowest BCUT2D eigenvalue weighted by Crippen LogP contribution is -2.52. The number of rotatable bonds is 5. The first-order valence-electron chi connectivity index (χ1n) is 9.81. The van der Waals surface area contributed by atoms with Gasteiger partial charge in [0, 0.05) is 38.4 Å². The molecule has 0 aromatic heterocycles. The lowest BCUT2D eigenvalue weighted by molar-refractivity contribution is 0.371. The van der Waals surface area contributed by atoms with Crippen LogP contribution in [0.25, 0.3) is 0 Å². The van der Waals surface area contributed by atoms with E-state index in [0.717, 1.165) is 44.2 Å². The maximum absolute atomic E-state index is 9.96. The van der Waals surface area contributed by atoms with Gasteiger partial charge < -0.3 is 25.0 Å². The fourth-order valence-electron chi connectivity index (χ4n) is 3.43. The largest absolute Gasteiger partial charge is 0.504 e. The highest BCUT2D eigenvalue weighted by molar-refractivity contribution is 14.0. The van der Waals surface area contributed by atoms with Crippen LogP contribution in [-0.2, 0) is 6.54 Å². The second-order valence-electron chi connectivity index (χ2n) is 6.99. The molecule has 0 atom stereocenters. The van der Waals surface area contributed by atoms with Gasteiger partial charge in [0.2, 0.25) is 0 Å². The van der Waals surface area contributed by atoms with Crippen LogP contribution in [-0.4, -0.2) is 55.8 Å². The lowest BCUT2D eigenvalue weighted by Gasteiger charge is -2.37. The van der Waals surface area contributed by atoms with E-state index < -0.39 is 0 Å². The number of ether oxygens (including phenoxy) is 1. The summed E-state index contributed by atoms with van der Waals surface area (Å²) >= 11 is 0. The van der Waals surface area contributed by atoms with Crippen LogP contribution in [0.4, 0.5) is 5.69 Å². The van der Waals surface area contributed by atoms with Gasteiger partial charge in [0.1, 0.15) is 0 Å². The van der Waals surface area contributed by atoms with E-state index in [1.165, 1.54) is 11.3 Å². The first kappa shape index (κ1) is 23.1. The van der Waals surface area contributed by atoms with Gasteiger partial charge in [-0.2, -0.15) is 0 Å². The summed E-state index contributed by atoms with van der Waals surface area (Å²) in [6.45, 7) is 9.34. The summed E-state index contributed by atoms with van der Waals surface area (Å²) in [5.41, 5.74) is 3.53. The van der Waals surface area contributed by atoms with E-state index in [2.05, 4.69) is 53.2 Å². The van der Waals surface area contributed by atoms with Gasteiger partial charge in [0.15, 0.2) is 17.5 Å². The number of methoxy groups -OCH3 is 1. The van der Waals surface area contributed by atoms with Crippen LogP contribution in [0.15, 0.2) is 47.5 Å². The summed E-state index contributed by atoms with van der Waals surface area (Å²) < 4.78 is 5.10. The number of hydrogen-bond acceptors (Lipinski definition) is 4. The average molecular weight is 510 g/mol. The Balaban J connectivity index is 0.00000300. The van der Waals surface area contributed by atoms with Gasteiger partial charge in [-0.3, -0.25) is 0 Å². The summed E-state index contributed by atoms with van der Waals surface area (Å²) in [5.74, 6) is 1.54. The number of anilines is 1. The van der Waals surface area contributed by atoms with E-state index in [1.807, 2.05) is 6.07 Å². The summed E-state index contributed by atoms with van der Waals surface area (Å²) in [6, 6.07) is 14.1. The van der Waals surface area contributed by atoms with Crippen molar-refractivity contribution in [1.82, 2.24) is 10.2 Å². The fraction of sp³-hybridized carbons (Fsp3) is 0.409. The molecule has 29 heavy (non-hydrogen) atoms. The van der Waals surface area contributed by atoms with Crippen LogP contribution in [0.1, 0.15) is 18.1 Å². The topological polar surface area (TPSA) is 60.3 Å². The molecule has 7 heteroatoms. The number of aliphatic imine (C=N–C) groups is 1. The molecule has 0 amide bonds. The van der Waals surface area contributed by atoms with Crippen LogP contribution in [0.3, 0.4) is 0 Å². The van der Waals surface area contributed by atoms with E-state index in [4.69, 9.17) is 9.73 Å². The number of halogens is 1. The Hall–Kier alpha value is -2.16. The van der Waals surface area contributed by atoms with Crippen molar-refractivity contribution in [1.29, 1.82) is 0 Å². The van der Waals surface area contributed by atoms with Crippen molar-refractivity contribution in [3.8, 4) is 11.5 Å². The Morgan fingerprint density at radius 3 is 2.52 bits per heavy atom. The molecule has 0 aliphatic carbocycles. The van der Waals surface area contributed by atoms with Crippen molar-refractivity contribution >= 4 is 35.6 Å². The van der Waals surface area contributed by atoms with Crippen molar-refractivity contribution in [2.45, 2.75) is 20.4 Å². The molecule has 158 valence electrons. The number of nitrogens with zero attached hydrogens (tertiary/aromatic N) is 3. The number of aryl methyl sites for hydroxylation is 1. The van der Waals surface area contributed by atoms with Crippen LogP contribution in [0, 0.1) is 6.92 Å². The number of phenolic OH excluding ortho intramolecular Hbond substituents is 1. The SMILES string of the molecule is CCNC(=NCc1ccc(OC)c(O)c1)N1CCN(c2cccc(C)c2)CC1.I. The van der Waals surface area contributed by atoms with Crippen molar-refractivity contribution in [2.24, 2.45) is 4.99 Å². The van der Waals surface area contributed by atoms with Crippen LogP contribution in [0.5, 0.6) is 11.5 Å². The predicted octanol–water partition coefficient (Wildman–Crippen LogP) is 3.61. The highest BCUT2D eigenvalue weighted by atomic mass is 127. The molecule has 2 aromatic carbocycles. The molecule has 2 aromatic rings. The zero-order valence-electron chi connectivity index (χ0n) is 17.4. The minimum absolute atomic E-state index is 0. The van der Waals surface area contributed by atoms with Gasteiger partial charge in [-0.1, -0.05) is 18.2 Å². The van der Waals surface area contributed by atoms with Gasteiger partial charge in [-0.05, 0) is 49.2 Å². The van der Waals surface area contributed by atoms with E-state index in [-0.39, 0.29) is 29.7 Å². The minimum Gasteiger partial charge on any atom is -0.504 e. The average Bonchev–Trinajstić information content (AvgIpc) is 2.71. The zero-order valence-corrected chi connectivity index (χ0v) is 19.7. The Kier molecular flexibility index (Phi) is 8.88. The molecule has 1 heterocycles. The summed E-state index contributed by atoms with van der Waals surface area (Å²) in [5, 5.41) is 13.4. The third kappa shape index (κ3) is 6.16. The van der Waals surface area contributed by atoms with E-state index in [1.54, 1.807) is 19.2 Å². The van der Waals surface area contributed by atoms with E-state index in [0.29, 0.717) is 12.3 Å². The van der Waals surface area contributed by atoms with Gasteiger partial charge in [0.25, 0.3) is 0 Å². The molecule has 0 spiro atoms. The summed E-state index contributed by atoms with van der Waals surface area (Å²) in [7, 11) is 1.55. The number of benzene rings is 2. The molecule has 1 fully saturated rings. The van der Waals surface area contributed by atoms with Crippen molar-refractivity contribution in [3.63, 3.8) is 0 Å². The van der Waals surface area contributed by atoms with Crippen molar-refractivity contribution in [2.75, 3.05) is 44.7 Å². The fourth-order valence-corrected chi connectivity index (χ4v) is 3.43. The first-order chi connectivity index (χ1) is 13.6.